The third-order valence-electron chi connectivity index (χ3n) is 5.29. The second-order valence-electron chi connectivity index (χ2n) is 7.22. The fraction of sp³-hybridized carbons (Fsp3) is 0.684. The zero-order valence-electron chi connectivity index (χ0n) is 12.9. The van der Waals surface area contributed by atoms with Crippen LogP contribution in [0.5, 0.6) is 5.75 Å². The van der Waals surface area contributed by atoms with Crippen LogP contribution in [-0.2, 0) is 0 Å². The molecule has 0 bridgehead atoms. The fourth-order valence-electron chi connectivity index (χ4n) is 3.67. The summed E-state index contributed by atoms with van der Waals surface area (Å²) >= 11 is 0. The van der Waals surface area contributed by atoms with Crippen LogP contribution in [0, 0.1) is 5.92 Å². The van der Waals surface area contributed by atoms with Crippen molar-refractivity contribution in [2.75, 3.05) is 6.54 Å². The molecule has 3 aliphatic carbocycles. The SMILES string of the molecule is c1cc(C2CCCCC2CNC2CC2)ccc1OC1CC1. The van der Waals surface area contributed by atoms with Gasteiger partial charge < -0.3 is 10.1 Å². The Morgan fingerprint density at radius 2 is 1.67 bits per heavy atom. The van der Waals surface area contributed by atoms with Gasteiger partial charge in [-0.05, 0) is 74.6 Å². The monoisotopic (exact) mass is 285 g/mol. The molecule has 0 heterocycles. The summed E-state index contributed by atoms with van der Waals surface area (Å²) in [6.45, 7) is 1.22. The van der Waals surface area contributed by atoms with Gasteiger partial charge >= 0.3 is 0 Å². The van der Waals surface area contributed by atoms with Crippen LogP contribution in [0.15, 0.2) is 24.3 Å². The summed E-state index contributed by atoms with van der Waals surface area (Å²) in [5, 5.41) is 3.75. The van der Waals surface area contributed by atoms with E-state index in [2.05, 4.69) is 29.6 Å². The molecular weight excluding hydrogens is 258 g/mol. The van der Waals surface area contributed by atoms with Crippen LogP contribution in [0.1, 0.15) is 62.8 Å². The van der Waals surface area contributed by atoms with E-state index in [1.54, 1.807) is 0 Å². The van der Waals surface area contributed by atoms with Crippen molar-refractivity contribution in [1.82, 2.24) is 5.32 Å². The molecule has 0 radical (unpaired) electrons. The van der Waals surface area contributed by atoms with E-state index < -0.39 is 0 Å². The average molecular weight is 285 g/mol. The van der Waals surface area contributed by atoms with Gasteiger partial charge in [-0.25, -0.2) is 0 Å². The number of rotatable bonds is 6. The van der Waals surface area contributed by atoms with Crippen molar-refractivity contribution in [2.45, 2.75) is 69.4 Å². The number of hydrogen-bond donors (Lipinski definition) is 1. The first-order valence-corrected chi connectivity index (χ1v) is 8.88. The zero-order valence-corrected chi connectivity index (χ0v) is 12.9. The van der Waals surface area contributed by atoms with E-state index in [9.17, 15) is 0 Å². The molecule has 3 aliphatic rings. The molecule has 1 aromatic carbocycles. The molecule has 2 heteroatoms. The number of hydrogen-bond acceptors (Lipinski definition) is 2. The fourth-order valence-corrected chi connectivity index (χ4v) is 3.67. The zero-order chi connectivity index (χ0) is 14.1. The Morgan fingerprint density at radius 1 is 0.905 bits per heavy atom. The minimum Gasteiger partial charge on any atom is -0.490 e. The Balaban J connectivity index is 1.40. The van der Waals surface area contributed by atoms with Crippen molar-refractivity contribution in [3.63, 3.8) is 0 Å². The summed E-state index contributed by atoms with van der Waals surface area (Å²) in [6, 6.07) is 9.85. The molecule has 0 aromatic heterocycles. The van der Waals surface area contributed by atoms with Gasteiger partial charge in [0.1, 0.15) is 5.75 Å². The first-order valence-electron chi connectivity index (χ1n) is 8.88. The Kier molecular flexibility index (Phi) is 3.89. The maximum atomic E-state index is 5.87. The van der Waals surface area contributed by atoms with Crippen LogP contribution in [0.25, 0.3) is 0 Å². The molecule has 0 amide bonds. The number of ether oxygens (including phenoxy) is 1. The summed E-state index contributed by atoms with van der Waals surface area (Å²) in [7, 11) is 0. The molecule has 3 fully saturated rings. The predicted octanol–water partition coefficient (Wildman–Crippen LogP) is 4.25. The second kappa shape index (κ2) is 6.00. The highest BCUT2D eigenvalue weighted by Gasteiger charge is 2.29. The molecule has 2 unspecified atom stereocenters. The van der Waals surface area contributed by atoms with Gasteiger partial charge in [0.15, 0.2) is 0 Å². The average Bonchev–Trinajstić information content (AvgIpc) is 3.42. The molecule has 0 spiro atoms. The molecule has 0 saturated heterocycles. The first-order chi connectivity index (χ1) is 10.4. The van der Waals surface area contributed by atoms with E-state index >= 15 is 0 Å². The van der Waals surface area contributed by atoms with E-state index in [0.717, 1.165) is 23.6 Å². The number of nitrogens with one attached hydrogen (secondary N) is 1. The van der Waals surface area contributed by atoms with E-state index in [4.69, 9.17) is 4.74 Å². The lowest BCUT2D eigenvalue weighted by molar-refractivity contribution is 0.292. The molecule has 1 N–H and O–H groups in total. The predicted molar refractivity (Wildman–Crippen MR) is 85.8 cm³/mol. The van der Waals surface area contributed by atoms with Crippen molar-refractivity contribution in [2.24, 2.45) is 5.92 Å². The molecule has 4 rings (SSSR count). The van der Waals surface area contributed by atoms with E-state index in [0.29, 0.717) is 6.10 Å². The molecule has 2 atom stereocenters. The highest BCUT2D eigenvalue weighted by atomic mass is 16.5. The van der Waals surface area contributed by atoms with E-state index in [1.165, 1.54) is 63.5 Å². The summed E-state index contributed by atoms with van der Waals surface area (Å²) in [6.07, 6.45) is 11.3. The molecule has 2 nitrogen and oxygen atoms in total. The highest BCUT2D eigenvalue weighted by molar-refractivity contribution is 5.30. The van der Waals surface area contributed by atoms with Crippen LogP contribution >= 0.6 is 0 Å². The number of benzene rings is 1. The van der Waals surface area contributed by atoms with Crippen molar-refractivity contribution in [1.29, 1.82) is 0 Å². The quantitative estimate of drug-likeness (QED) is 0.843. The summed E-state index contributed by atoms with van der Waals surface area (Å²) in [4.78, 5) is 0. The molecule has 0 aliphatic heterocycles. The van der Waals surface area contributed by atoms with Gasteiger partial charge in [0.2, 0.25) is 0 Å². The summed E-state index contributed by atoms with van der Waals surface area (Å²) < 4.78 is 5.87. The minimum absolute atomic E-state index is 0.501. The molecule has 3 saturated carbocycles. The van der Waals surface area contributed by atoms with Crippen LogP contribution in [0.3, 0.4) is 0 Å². The Labute approximate surface area is 128 Å². The van der Waals surface area contributed by atoms with Gasteiger partial charge in [-0.3, -0.25) is 0 Å². The van der Waals surface area contributed by atoms with Crippen LogP contribution in [0.4, 0.5) is 0 Å². The van der Waals surface area contributed by atoms with E-state index in [1.807, 2.05) is 0 Å². The lowest BCUT2D eigenvalue weighted by Crippen LogP contribution is -2.30. The van der Waals surface area contributed by atoms with Crippen LogP contribution < -0.4 is 10.1 Å². The van der Waals surface area contributed by atoms with E-state index in [-0.39, 0.29) is 0 Å². The lowest BCUT2D eigenvalue weighted by atomic mass is 9.75. The lowest BCUT2D eigenvalue weighted by Gasteiger charge is -2.32. The normalized spacial score (nSPS) is 29.3. The third-order valence-corrected chi connectivity index (χ3v) is 5.29. The second-order valence-corrected chi connectivity index (χ2v) is 7.22. The molecular formula is C19H27NO. The first kappa shape index (κ1) is 13.6. The Morgan fingerprint density at radius 3 is 2.38 bits per heavy atom. The maximum Gasteiger partial charge on any atom is 0.119 e. The maximum absolute atomic E-state index is 5.87. The highest BCUT2D eigenvalue weighted by Crippen LogP contribution is 2.38. The van der Waals surface area contributed by atoms with Gasteiger partial charge in [-0.2, -0.15) is 0 Å². The summed E-state index contributed by atoms with van der Waals surface area (Å²) in [5.41, 5.74) is 1.53. The molecule has 1 aromatic rings. The van der Waals surface area contributed by atoms with Gasteiger partial charge in [-0.15, -0.1) is 0 Å². The standard InChI is InChI=1S/C19H27NO/c1-2-4-19(15(3-1)13-20-16-7-8-16)14-5-9-17(10-6-14)21-18-11-12-18/h5-6,9-10,15-16,18-20H,1-4,7-8,11-13H2. The largest absolute Gasteiger partial charge is 0.490 e. The van der Waals surface area contributed by atoms with Crippen molar-refractivity contribution < 1.29 is 4.74 Å². The topological polar surface area (TPSA) is 21.3 Å². The van der Waals surface area contributed by atoms with Gasteiger partial charge in [0.05, 0.1) is 6.10 Å². The van der Waals surface area contributed by atoms with Crippen LogP contribution in [-0.4, -0.2) is 18.7 Å². The van der Waals surface area contributed by atoms with Crippen molar-refractivity contribution in [3.05, 3.63) is 29.8 Å². The molecule has 114 valence electrons. The third kappa shape index (κ3) is 3.60. The minimum atomic E-state index is 0.501. The Bertz CT molecular complexity index is 461. The smallest absolute Gasteiger partial charge is 0.119 e. The molecule has 21 heavy (non-hydrogen) atoms. The van der Waals surface area contributed by atoms with Gasteiger partial charge in [-0.1, -0.05) is 25.0 Å². The summed E-state index contributed by atoms with van der Waals surface area (Å²) in [5.74, 6) is 2.64. The van der Waals surface area contributed by atoms with Crippen molar-refractivity contribution in [3.8, 4) is 5.75 Å². The van der Waals surface area contributed by atoms with Crippen molar-refractivity contribution >= 4 is 0 Å². The van der Waals surface area contributed by atoms with Gasteiger partial charge in [0.25, 0.3) is 0 Å². The van der Waals surface area contributed by atoms with Gasteiger partial charge in [0, 0.05) is 6.04 Å². The van der Waals surface area contributed by atoms with Crippen LogP contribution in [0.2, 0.25) is 0 Å². The Hall–Kier alpha value is -1.02.